The standard InChI is InChI=1S/C15H18BrN3/c1-2-19-14-6-3-9(16)7-13(14)18-15(19)11-8-10-4-5-12(11)17-10/h3,6-7,10-12,17H,2,4-5,8H2,1H3. The molecule has 3 nitrogen and oxygen atoms in total. The smallest absolute Gasteiger partial charge is 0.114 e. The molecule has 19 heavy (non-hydrogen) atoms. The fraction of sp³-hybridized carbons (Fsp3) is 0.533. The Morgan fingerprint density at radius 3 is 3.00 bits per heavy atom. The summed E-state index contributed by atoms with van der Waals surface area (Å²) in [6.45, 7) is 3.22. The molecule has 2 saturated heterocycles. The topological polar surface area (TPSA) is 29.9 Å². The number of nitrogens with one attached hydrogen (secondary N) is 1. The lowest BCUT2D eigenvalue weighted by Crippen LogP contribution is -2.23. The first-order valence-electron chi connectivity index (χ1n) is 7.18. The van der Waals surface area contributed by atoms with Gasteiger partial charge in [-0.15, -0.1) is 0 Å². The second kappa shape index (κ2) is 4.32. The van der Waals surface area contributed by atoms with Crippen molar-refractivity contribution in [1.29, 1.82) is 0 Å². The van der Waals surface area contributed by atoms with E-state index in [4.69, 9.17) is 4.98 Å². The molecule has 3 unspecified atom stereocenters. The first-order valence-corrected chi connectivity index (χ1v) is 7.97. The molecular weight excluding hydrogens is 302 g/mol. The number of rotatable bonds is 2. The summed E-state index contributed by atoms with van der Waals surface area (Å²) in [5, 5.41) is 3.72. The van der Waals surface area contributed by atoms with Gasteiger partial charge in [0.15, 0.2) is 0 Å². The number of aryl methyl sites for hydroxylation is 1. The minimum Gasteiger partial charge on any atom is -0.328 e. The fourth-order valence-electron chi connectivity index (χ4n) is 3.85. The Kier molecular flexibility index (Phi) is 2.71. The average molecular weight is 320 g/mol. The Labute approximate surface area is 121 Å². The van der Waals surface area contributed by atoms with E-state index in [9.17, 15) is 0 Å². The van der Waals surface area contributed by atoms with Gasteiger partial charge in [0, 0.05) is 29.0 Å². The van der Waals surface area contributed by atoms with E-state index in [1.165, 1.54) is 30.6 Å². The number of imidazole rings is 1. The van der Waals surface area contributed by atoms with Crippen LogP contribution in [0.4, 0.5) is 0 Å². The molecule has 3 heterocycles. The van der Waals surface area contributed by atoms with Gasteiger partial charge in [-0.25, -0.2) is 4.98 Å². The SMILES string of the molecule is CCn1c(C2CC3CCC2N3)nc2cc(Br)ccc21. The highest BCUT2D eigenvalue weighted by Gasteiger charge is 2.41. The van der Waals surface area contributed by atoms with Crippen molar-refractivity contribution >= 4 is 27.0 Å². The minimum absolute atomic E-state index is 0.602. The Bertz CT molecular complexity index is 634. The van der Waals surface area contributed by atoms with Crippen molar-refractivity contribution in [1.82, 2.24) is 14.9 Å². The second-order valence-electron chi connectivity index (χ2n) is 5.74. The molecule has 2 fully saturated rings. The van der Waals surface area contributed by atoms with E-state index in [-0.39, 0.29) is 0 Å². The highest BCUT2D eigenvalue weighted by Crippen LogP contribution is 2.40. The van der Waals surface area contributed by atoms with Crippen LogP contribution in [0.25, 0.3) is 11.0 Å². The zero-order chi connectivity index (χ0) is 13.0. The highest BCUT2D eigenvalue weighted by atomic mass is 79.9. The molecule has 2 bridgehead atoms. The van der Waals surface area contributed by atoms with Crippen molar-refractivity contribution in [3.63, 3.8) is 0 Å². The van der Waals surface area contributed by atoms with Gasteiger partial charge in [-0.05, 0) is 44.4 Å². The highest BCUT2D eigenvalue weighted by molar-refractivity contribution is 9.10. The maximum atomic E-state index is 4.94. The summed E-state index contributed by atoms with van der Waals surface area (Å²) in [5.74, 6) is 1.89. The van der Waals surface area contributed by atoms with Crippen LogP contribution >= 0.6 is 15.9 Å². The van der Waals surface area contributed by atoms with Gasteiger partial charge in [-0.1, -0.05) is 15.9 Å². The molecule has 1 aromatic carbocycles. The number of halogens is 1. The van der Waals surface area contributed by atoms with E-state index < -0.39 is 0 Å². The summed E-state index contributed by atoms with van der Waals surface area (Å²) >= 11 is 3.54. The van der Waals surface area contributed by atoms with E-state index in [2.05, 4.69) is 50.9 Å². The maximum absolute atomic E-state index is 4.94. The molecule has 3 atom stereocenters. The van der Waals surface area contributed by atoms with E-state index in [0.29, 0.717) is 12.0 Å². The molecule has 2 aliphatic rings. The van der Waals surface area contributed by atoms with Gasteiger partial charge in [0.05, 0.1) is 11.0 Å². The normalized spacial score (nSPS) is 29.5. The lowest BCUT2D eigenvalue weighted by atomic mass is 9.88. The lowest BCUT2D eigenvalue weighted by molar-refractivity contribution is 0.471. The van der Waals surface area contributed by atoms with Gasteiger partial charge >= 0.3 is 0 Å². The lowest BCUT2D eigenvalue weighted by Gasteiger charge is -2.20. The Morgan fingerprint density at radius 2 is 2.32 bits per heavy atom. The molecule has 0 radical (unpaired) electrons. The van der Waals surface area contributed by atoms with Crippen LogP contribution in [-0.2, 0) is 6.54 Å². The van der Waals surface area contributed by atoms with Crippen molar-refractivity contribution < 1.29 is 0 Å². The summed E-state index contributed by atoms with van der Waals surface area (Å²) in [5.41, 5.74) is 2.39. The number of aromatic nitrogens is 2. The van der Waals surface area contributed by atoms with Gasteiger partial charge in [0.1, 0.15) is 5.82 Å². The number of benzene rings is 1. The van der Waals surface area contributed by atoms with Gasteiger partial charge in [0.25, 0.3) is 0 Å². The molecule has 0 spiro atoms. The Balaban J connectivity index is 1.85. The minimum atomic E-state index is 0.602. The molecule has 0 saturated carbocycles. The summed E-state index contributed by atoms with van der Waals surface area (Å²) in [4.78, 5) is 4.94. The molecule has 100 valence electrons. The van der Waals surface area contributed by atoms with Crippen LogP contribution in [0.5, 0.6) is 0 Å². The largest absolute Gasteiger partial charge is 0.328 e. The number of hydrogen-bond acceptors (Lipinski definition) is 2. The molecule has 2 aromatic rings. The first kappa shape index (κ1) is 11.9. The van der Waals surface area contributed by atoms with Crippen molar-refractivity contribution in [2.75, 3.05) is 0 Å². The van der Waals surface area contributed by atoms with Gasteiger partial charge in [-0.2, -0.15) is 0 Å². The number of fused-ring (bicyclic) bond motifs is 3. The van der Waals surface area contributed by atoms with Gasteiger partial charge in [-0.3, -0.25) is 0 Å². The van der Waals surface area contributed by atoms with Crippen molar-refractivity contribution in [3.8, 4) is 0 Å². The average Bonchev–Trinajstić information content (AvgIpc) is 3.10. The van der Waals surface area contributed by atoms with Gasteiger partial charge in [0.2, 0.25) is 0 Å². The quantitative estimate of drug-likeness (QED) is 0.919. The third-order valence-electron chi connectivity index (χ3n) is 4.69. The first-order chi connectivity index (χ1) is 9.26. The third-order valence-corrected chi connectivity index (χ3v) is 5.18. The van der Waals surface area contributed by atoms with E-state index in [0.717, 1.165) is 22.6 Å². The van der Waals surface area contributed by atoms with Crippen LogP contribution < -0.4 is 5.32 Å². The Hall–Kier alpha value is -0.870. The predicted octanol–water partition coefficient (Wildman–Crippen LogP) is 3.43. The van der Waals surface area contributed by atoms with Crippen LogP contribution in [0.15, 0.2) is 22.7 Å². The zero-order valence-corrected chi connectivity index (χ0v) is 12.7. The summed E-state index contributed by atoms with van der Waals surface area (Å²) < 4.78 is 3.51. The van der Waals surface area contributed by atoms with Crippen molar-refractivity contribution in [3.05, 3.63) is 28.5 Å². The summed E-state index contributed by atoms with van der Waals surface area (Å²) in [6, 6.07) is 7.80. The van der Waals surface area contributed by atoms with Crippen LogP contribution in [0.3, 0.4) is 0 Å². The van der Waals surface area contributed by atoms with Crippen LogP contribution in [0, 0.1) is 0 Å². The predicted molar refractivity (Wildman–Crippen MR) is 80.4 cm³/mol. The Morgan fingerprint density at radius 1 is 1.42 bits per heavy atom. The van der Waals surface area contributed by atoms with Crippen LogP contribution in [0.1, 0.15) is 37.9 Å². The zero-order valence-electron chi connectivity index (χ0n) is 11.1. The molecule has 1 aromatic heterocycles. The molecule has 4 rings (SSSR count). The molecule has 4 heteroatoms. The third kappa shape index (κ3) is 1.77. The molecule has 0 aliphatic carbocycles. The molecule has 1 N–H and O–H groups in total. The molecule has 0 amide bonds. The number of nitrogens with zero attached hydrogens (tertiary/aromatic N) is 2. The van der Waals surface area contributed by atoms with Crippen molar-refractivity contribution in [2.45, 2.75) is 50.7 Å². The van der Waals surface area contributed by atoms with E-state index >= 15 is 0 Å². The van der Waals surface area contributed by atoms with Crippen molar-refractivity contribution in [2.24, 2.45) is 0 Å². The summed E-state index contributed by atoms with van der Waals surface area (Å²) in [6.07, 6.45) is 3.92. The van der Waals surface area contributed by atoms with E-state index in [1.807, 2.05) is 0 Å². The fourth-order valence-corrected chi connectivity index (χ4v) is 4.20. The molecular formula is C15H18BrN3. The van der Waals surface area contributed by atoms with Crippen LogP contribution in [-0.4, -0.2) is 21.6 Å². The van der Waals surface area contributed by atoms with Gasteiger partial charge < -0.3 is 9.88 Å². The summed E-state index contributed by atoms with van der Waals surface area (Å²) in [7, 11) is 0. The molecule has 2 aliphatic heterocycles. The van der Waals surface area contributed by atoms with Crippen LogP contribution in [0.2, 0.25) is 0 Å². The van der Waals surface area contributed by atoms with E-state index in [1.54, 1.807) is 0 Å². The monoisotopic (exact) mass is 319 g/mol. The maximum Gasteiger partial charge on any atom is 0.114 e. The number of hydrogen-bond donors (Lipinski definition) is 1. The second-order valence-corrected chi connectivity index (χ2v) is 6.65.